The smallest absolute Gasteiger partial charge is 0.350 e. The molecule has 0 bridgehead atoms. The zero-order valence-electron chi connectivity index (χ0n) is 17.4. The van der Waals surface area contributed by atoms with Crippen molar-refractivity contribution in [1.82, 2.24) is 15.0 Å². The Balaban J connectivity index is 1.78. The van der Waals surface area contributed by atoms with Crippen molar-refractivity contribution in [2.24, 2.45) is 0 Å². The summed E-state index contributed by atoms with van der Waals surface area (Å²) in [5.41, 5.74) is 4.33. The van der Waals surface area contributed by atoms with Gasteiger partial charge in [-0.1, -0.05) is 36.8 Å². The Morgan fingerprint density at radius 3 is 2.03 bits per heavy atom. The van der Waals surface area contributed by atoms with Crippen molar-refractivity contribution in [3.05, 3.63) is 70.0 Å². The van der Waals surface area contributed by atoms with Gasteiger partial charge < -0.3 is 10.6 Å². The molecule has 0 unspecified atom stereocenters. The van der Waals surface area contributed by atoms with Gasteiger partial charge in [-0.25, -0.2) is 0 Å². The molecule has 1 aromatic heterocycles. The van der Waals surface area contributed by atoms with Crippen LogP contribution in [0.1, 0.15) is 40.6 Å². The number of hydrogen-bond donors (Lipinski definition) is 2. The highest BCUT2D eigenvalue weighted by atomic mass is 19.4. The lowest BCUT2D eigenvalue weighted by Gasteiger charge is -2.14. The fourth-order valence-corrected chi connectivity index (χ4v) is 3.19. The van der Waals surface area contributed by atoms with Gasteiger partial charge in [-0.15, -0.1) is 0 Å². The highest BCUT2D eigenvalue weighted by Gasteiger charge is 2.29. The van der Waals surface area contributed by atoms with E-state index < -0.39 is 11.7 Å². The summed E-state index contributed by atoms with van der Waals surface area (Å²) in [6.45, 7) is 8.34. The Hall–Kier alpha value is -3.16. The second kappa shape index (κ2) is 8.69. The highest BCUT2D eigenvalue weighted by molar-refractivity contribution is 5.64. The van der Waals surface area contributed by atoms with E-state index >= 15 is 0 Å². The number of rotatable bonds is 6. The molecule has 0 saturated carbocycles. The van der Waals surface area contributed by atoms with Crippen LogP contribution in [0.15, 0.2) is 36.4 Å². The number of alkyl halides is 3. The van der Waals surface area contributed by atoms with Gasteiger partial charge in [0.2, 0.25) is 11.9 Å². The van der Waals surface area contributed by atoms with Crippen molar-refractivity contribution < 1.29 is 13.2 Å². The quantitative estimate of drug-likeness (QED) is 0.538. The maximum absolute atomic E-state index is 12.7. The first-order valence-corrected chi connectivity index (χ1v) is 9.65. The van der Waals surface area contributed by atoms with E-state index in [1.54, 1.807) is 0 Å². The van der Waals surface area contributed by atoms with Gasteiger partial charge in [-0.3, -0.25) is 0 Å². The minimum Gasteiger partial charge on any atom is -0.350 e. The van der Waals surface area contributed by atoms with E-state index in [4.69, 9.17) is 0 Å². The van der Waals surface area contributed by atoms with Gasteiger partial charge in [0.15, 0.2) is 0 Å². The van der Waals surface area contributed by atoms with Gasteiger partial charge in [0, 0.05) is 18.7 Å². The number of nitrogens with one attached hydrogen (secondary N) is 2. The lowest BCUT2D eigenvalue weighted by molar-refractivity contribution is -0.137. The molecule has 30 heavy (non-hydrogen) atoms. The molecule has 8 heteroatoms. The van der Waals surface area contributed by atoms with Gasteiger partial charge in [0.1, 0.15) is 5.82 Å². The third-order valence-electron chi connectivity index (χ3n) is 4.64. The molecule has 0 fully saturated rings. The van der Waals surface area contributed by atoms with E-state index in [-0.39, 0.29) is 0 Å². The summed E-state index contributed by atoms with van der Waals surface area (Å²) in [7, 11) is 0. The van der Waals surface area contributed by atoms with Crippen LogP contribution in [0.3, 0.4) is 0 Å². The van der Waals surface area contributed by atoms with Crippen LogP contribution in [0.5, 0.6) is 0 Å². The molecule has 0 aliphatic carbocycles. The van der Waals surface area contributed by atoms with Crippen LogP contribution in [-0.4, -0.2) is 15.0 Å². The molecule has 0 radical (unpaired) electrons. The largest absolute Gasteiger partial charge is 0.416 e. The number of nitrogens with zero attached hydrogens (tertiary/aromatic N) is 3. The summed E-state index contributed by atoms with van der Waals surface area (Å²) in [5.74, 6) is 1.41. The maximum Gasteiger partial charge on any atom is 0.416 e. The molecule has 0 aliphatic rings. The number of benzene rings is 2. The molecule has 5 nitrogen and oxygen atoms in total. The monoisotopic (exact) mass is 415 g/mol. The zero-order chi connectivity index (χ0) is 21.9. The SMILES string of the molecule is CCc1nc(NCc2ccc(C(F)(F)F)cc2)nc(Nc2c(C)cc(C)cc2C)n1. The van der Waals surface area contributed by atoms with Crippen LogP contribution in [-0.2, 0) is 19.1 Å². The number of aromatic nitrogens is 3. The molecule has 2 aromatic carbocycles. The fourth-order valence-electron chi connectivity index (χ4n) is 3.19. The third kappa shape index (κ3) is 5.25. The Morgan fingerprint density at radius 1 is 0.867 bits per heavy atom. The fraction of sp³-hybridized carbons (Fsp3) is 0.318. The molecule has 0 spiro atoms. The minimum atomic E-state index is -4.34. The molecular weight excluding hydrogens is 391 g/mol. The predicted octanol–water partition coefficient (Wildman–Crippen LogP) is 5.73. The van der Waals surface area contributed by atoms with Crippen LogP contribution < -0.4 is 10.6 Å². The third-order valence-corrected chi connectivity index (χ3v) is 4.64. The second-order valence-corrected chi connectivity index (χ2v) is 7.20. The van der Waals surface area contributed by atoms with Gasteiger partial charge in [-0.05, 0) is 49.6 Å². The van der Waals surface area contributed by atoms with Crippen molar-refractivity contribution in [2.45, 2.75) is 46.8 Å². The van der Waals surface area contributed by atoms with Crippen LogP contribution in [0.25, 0.3) is 0 Å². The molecular formula is C22H24F3N5. The lowest BCUT2D eigenvalue weighted by Crippen LogP contribution is -2.10. The molecule has 2 N–H and O–H groups in total. The Bertz CT molecular complexity index is 1010. The number of aryl methyl sites for hydroxylation is 4. The van der Waals surface area contributed by atoms with Crippen LogP contribution in [0.4, 0.5) is 30.8 Å². The first kappa shape index (κ1) is 21.5. The molecule has 0 saturated heterocycles. The van der Waals surface area contributed by atoms with Crippen molar-refractivity contribution in [3.63, 3.8) is 0 Å². The lowest BCUT2D eigenvalue weighted by atomic mass is 10.1. The molecule has 1 heterocycles. The first-order valence-electron chi connectivity index (χ1n) is 9.65. The first-order chi connectivity index (χ1) is 14.2. The summed E-state index contributed by atoms with van der Waals surface area (Å²) < 4.78 is 38.1. The average Bonchev–Trinajstić information content (AvgIpc) is 2.68. The van der Waals surface area contributed by atoms with Crippen molar-refractivity contribution in [3.8, 4) is 0 Å². The Morgan fingerprint density at radius 2 is 1.47 bits per heavy atom. The topological polar surface area (TPSA) is 62.7 Å². The number of anilines is 3. The molecule has 158 valence electrons. The molecule has 3 aromatic rings. The van der Waals surface area contributed by atoms with E-state index in [2.05, 4.69) is 37.7 Å². The summed E-state index contributed by atoms with van der Waals surface area (Å²) in [6.07, 6.45) is -3.72. The average molecular weight is 415 g/mol. The molecule has 0 amide bonds. The van der Waals surface area contributed by atoms with E-state index in [0.717, 1.165) is 28.9 Å². The summed E-state index contributed by atoms with van der Waals surface area (Å²) in [4.78, 5) is 13.2. The summed E-state index contributed by atoms with van der Waals surface area (Å²) in [6, 6.07) is 9.18. The number of hydrogen-bond acceptors (Lipinski definition) is 5. The number of halogens is 3. The van der Waals surface area contributed by atoms with E-state index in [9.17, 15) is 13.2 Å². The van der Waals surface area contributed by atoms with Crippen LogP contribution in [0.2, 0.25) is 0 Å². The molecule has 0 atom stereocenters. The minimum absolute atomic E-state index is 0.299. The van der Waals surface area contributed by atoms with Crippen LogP contribution in [0, 0.1) is 20.8 Å². The van der Waals surface area contributed by atoms with E-state index in [0.29, 0.717) is 36.3 Å². The molecule has 0 aliphatic heterocycles. The van der Waals surface area contributed by atoms with Gasteiger partial charge in [0.25, 0.3) is 0 Å². The van der Waals surface area contributed by atoms with Gasteiger partial charge in [0.05, 0.1) is 5.56 Å². The zero-order valence-corrected chi connectivity index (χ0v) is 17.4. The van der Waals surface area contributed by atoms with Gasteiger partial charge >= 0.3 is 6.18 Å². The maximum atomic E-state index is 12.7. The highest BCUT2D eigenvalue weighted by Crippen LogP contribution is 2.29. The molecule has 3 rings (SSSR count). The normalized spacial score (nSPS) is 11.4. The Kier molecular flexibility index (Phi) is 6.24. The van der Waals surface area contributed by atoms with Crippen LogP contribution >= 0.6 is 0 Å². The Labute approximate surface area is 173 Å². The standard InChI is InChI=1S/C22H24F3N5/c1-5-18-27-20(26-12-16-6-8-17(9-7-16)22(23,24)25)30-21(28-18)29-19-14(3)10-13(2)11-15(19)4/h6-11H,5,12H2,1-4H3,(H2,26,27,28,29,30). The van der Waals surface area contributed by atoms with Crippen molar-refractivity contribution in [2.75, 3.05) is 10.6 Å². The van der Waals surface area contributed by atoms with E-state index in [1.165, 1.54) is 17.7 Å². The van der Waals surface area contributed by atoms with Crippen molar-refractivity contribution >= 4 is 17.6 Å². The van der Waals surface area contributed by atoms with Crippen molar-refractivity contribution in [1.29, 1.82) is 0 Å². The van der Waals surface area contributed by atoms with E-state index in [1.807, 2.05) is 27.7 Å². The predicted molar refractivity (Wildman–Crippen MR) is 112 cm³/mol. The summed E-state index contributed by atoms with van der Waals surface area (Å²) in [5, 5.41) is 6.35. The summed E-state index contributed by atoms with van der Waals surface area (Å²) >= 11 is 0. The second-order valence-electron chi connectivity index (χ2n) is 7.20. The van der Waals surface area contributed by atoms with Gasteiger partial charge in [-0.2, -0.15) is 28.1 Å².